The highest BCUT2D eigenvalue weighted by molar-refractivity contribution is 6.52. The third kappa shape index (κ3) is 1.93. The number of nitrogens with zero attached hydrogens (tertiary/aromatic N) is 1. The number of amides is 1. The van der Waals surface area contributed by atoms with E-state index < -0.39 is 17.8 Å². The average Bonchev–Trinajstić information content (AvgIpc) is 2.55. The minimum Gasteiger partial charge on any atom is -0.393 e. The number of ketones is 1. The molecule has 0 fully saturated rings. The van der Waals surface area contributed by atoms with Gasteiger partial charge in [-0.15, -0.1) is 0 Å². The fraction of sp³-hybridized carbons (Fsp3) is 0.429. The first-order valence-electron chi connectivity index (χ1n) is 6.08. The molecular weight excluding hydrogens is 230 g/mol. The molecule has 0 aliphatic carbocycles. The maximum atomic E-state index is 11.9. The van der Waals surface area contributed by atoms with Gasteiger partial charge in [0.15, 0.2) is 0 Å². The van der Waals surface area contributed by atoms with Gasteiger partial charge in [0.25, 0.3) is 11.7 Å². The maximum absolute atomic E-state index is 11.9. The van der Waals surface area contributed by atoms with Crippen molar-refractivity contribution in [2.24, 2.45) is 0 Å². The van der Waals surface area contributed by atoms with Crippen LogP contribution in [0.5, 0.6) is 0 Å². The first kappa shape index (κ1) is 12.8. The van der Waals surface area contributed by atoms with E-state index in [1.165, 1.54) is 4.90 Å². The monoisotopic (exact) mass is 247 g/mol. The highest BCUT2D eigenvalue weighted by atomic mass is 16.3. The third-order valence-electron chi connectivity index (χ3n) is 3.43. The second kappa shape index (κ2) is 4.53. The summed E-state index contributed by atoms with van der Waals surface area (Å²) in [4.78, 5) is 25.3. The SMILES string of the molecule is Cc1ccc2c(c1C)N(CCC(C)O)C(=O)C2=O. The van der Waals surface area contributed by atoms with Crippen molar-refractivity contribution in [1.29, 1.82) is 0 Å². The number of rotatable bonds is 3. The molecule has 0 aromatic heterocycles. The Bertz CT molecular complexity index is 520. The molecule has 0 saturated carbocycles. The van der Waals surface area contributed by atoms with Gasteiger partial charge >= 0.3 is 0 Å². The molecule has 0 bridgehead atoms. The highest BCUT2D eigenvalue weighted by Gasteiger charge is 2.36. The fourth-order valence-electron chi connectivity index (χ4n) is 2.20. The summed E-state index contributed by atoms with van der Waals surface area (Å²) in [5, 5.41) is 9.31. The molecular formula is C14H17NO3. The number of carbonyl (C=O) groups excluding carboxylic acids is 2. The Kier molecular flexibility index (Phi) is 3.22. The summed E-state index contributed by atoms with van der Waals surface area (Å²) < 4.78 is 0. The van der Waals surface area contributed by atoms with E-state index in [1.54, 1.807) is 13.0 Å². The minimum absolute atomic E-state index is 0.375. The average molecular weight is 247 g/mol. The van der Waals surface area contributed by atoms with Crippen LogP contribution in [0.15, 0.2) is 12.1 Å². The summed E-state index contributed by atoms with van der Waals surface area (Å²) >= 11 is 0. The summed E-state index contributed by atoms with van der Waals surface area (Å²) in [6, 6.07) is 3.57. The van der Waals surface area contributed by atoms with Crippen LogP contribution in [0.25, 0.3) is 0 Å². The first-order valence-corrected chi connectivity index (χ1v) is 6.08. The van der Waals surface area contributed by atoms with E-state index in [1.807, 2.05) is 19.9 Å². The van der Waals surface area contributed by atoms with E-state index in [0.29, 0.717) is 24.2 Å². The van der Waals surface area contributed by atoms with E-state index in [4.69, 9.17) is 0 Å². The number of anilines is 1. The van der Waals surface area contributed by atoms with Crippen molar-refractivity contribution in [3.8, 4) is 0 Å². The lowest BCUT2D eigenvalue weighted by Gasteiger charge is -2.20. The topological polar surface area (TPSA) is 57.6 Å². The van der Waals surface area contributed by atoms with Crippen molar-refractivity contribution in [3.63, 3.8) is 0 Å². The van der Waals surface area contributed by atoms with Crippen LogP contribution < -0.4 is 4.90 Å². The van der Waals surface area contributed by atoms with Crippen molar-refractivity contribution in [1.82, 2.24) is 0 Å². The number of aliphatic hydroxyl groups is 1. The number of hydrogen-bond donors (Lipinski definition) is 1. The van der Waals surface area contributed by atoms with Crippen molar-refractivity contribution >= 4 is 17.4 Å². The fourth-order valence-corrected chi connectivity index (χ4v) is 2.20. The molecule has 4 nitrogen and oxygen atoms in total. The Hall–Kier alpha value is -1.68. The van der Waals surface area contributed by atoms with Crippen LogP contribution in [0, 0.1) is 13.8 Å². The van der Waals surface area contributed by atoms with Gasteiger partial charge < -0.3 is 10.0 Å². The van der Waals surface area contributed by atoms with Crippen LogP contribution in [-0.4, -0.2) is 29.4 Å². The van der Waals surface area contributed by atoms with Gasteiger partial charge in [-0.25, -0.2) is 0 Å². The van der Waals surface area contributed by atoms with Crippen LogP contribution in [0.3, 0.4) is 0 Å². The molecule has 18 heavy (non-hydrogen) atoms. The van der Waals surface area contributed by atoms with Gasteiger partial charge in [-0.05, 0) is 44.4 Å². The molecule has 2 rings (SSSR count). The summed E-state index contributed by atoms with van der Waals surface area (Å²) in [7, 11) is 0. The van der Waals surface area contributed by atoms with Gasteiger partial charge in [0.2, 0.25) is 0 Å². The Morgan fingerprint density at radius 2 is 1.94 bits per heavy atom. The van der Waals surface area contributed by atoms with Crippen LogP contribution in [0.4, 0.5) is 5.69 Å². The van der Waals surface area contributed by atoms with E-state index in [-0.39, 0.29) is 0 Å². The number of aliphatic hydroxyl groups excluding tert-OH is 1. The number of aryl methyl sites for hydroxylation is 1. The Morgan fingerprint density at radius 3 is 2.56 bits per heavy atom. The van der Waals surface area contributed by atoms with Crippen LogP contribution in [0.2, 0.25) is 0 Å². The molecule has 4 heteroatoms. The van der Waals surface area contributed by atoms with Crippen LogP contribution >= 0.6 is 0 Å². The molecule has 1 aliphatic rings. The molecule has 1 aromatic carbocycles. The Morgan fingerprint density at radius 1 is 1.28 bits per heavy atom. The quantitative estimate of drug-likeness (QED) is 0.825. The molecule has 1 aliphatic heterocycles. The number of benzene rings is 1. The molecule has 0 radical (unpaired) electrons. The minimum atomic E-state index is -0.487. The smallest absolute Gasteiger partial charge is 0.299 e. The molecule has 1 aromatic rings. The van der Waals surface area contributed by atoms with Crippen molar-refractivity contribution in [3.05, 3.63) is 28.8 Å². The lowest BCUT2D eigenvalue weighted by Crippen LogP contribution is -2.32. The number of hydrogen-bond acceptors (Lipinski definition) is 3. The Labute approximate surface area is 106 Å². The van der Waals surface area contributed by atoms with Crippen LogP contribution in [0.1, 0.15) is 34.8 Å². The summed E-state index contributed by atoms with van der Waals surface area (Å²) in [6.45, 7) is 5.91. The molecule has 1 N–H and O–H groups in total. The van der Waals surface area contributed by atoms with Gasteiger partial charge in [0.1, 0.15) is 0 Å². The van der Waals surface area contributed by atoms with Gasteiger partial charge in [-0.3, -0.25) is 9.59 Å². The number of fused-ring (bicyclic) bond motifs is 1. The van der Waals surface area contributed by atoms with E-state index in [0.717, 1.165) is 11.1 Å². The zero-order chi connectivity index (χ0) is 13.4. The molecule has 1 atom stereocenters. The number of carbonyl (C=O) groups is 2. The molecule has 0 spiro atoms. The molecule has 1 heterocycles. The summed E-state index contributed by atoms with van der Waals surface area (Å²) in [5.41, 5.74) is 3.20. The van der Waals surface area contributed by atoms with Gasteiger partial charge in [-0.2, -0.15) is 0 Å². The molecule has 0 saturated heterocycles. The summed E-state index contributed by atoms with van der Waals surface area (Å²) in [5.74, 6) is -0.932. The normalized spacial score (nSPS) is 16.1. The predicted molar refractivity (Wildman–Crippen MR) is 68.9 cm³/mol. The standard InChI is InChI=1S/C14H17NO3/c1-8-4-5-11-12(10(8)3)15(7-6-9(2)16)14(18)13(11)17/h4-5,9,16H,6-7H2,1-3H3. The number of Topliss-reactive ketones (excluding diaryl/α,β-unsaturated/α-hetero) is 1. The van der Waals surface area contributed by atoms with E-state index in [9.17, 15) is 14.7 Å². The summed E-state index contributed by atoms with van der Waals surface area (Å²) in [6.07, 6.45) is -0.0201. The largest absolute Gasteiger partial charge is 0.393 e. The first-order chi connectivity index (χ1) is 8.43. The predicted octanol–water partition coefficient (Wildman–Crippen LogP) is 1.60. The third-order valence-corrected chi connectivity index (χ3v) is 3.43. The second-order valence-electron chi connectivity index (χ2n) is 4.83. The lowest BCUT2D eigenvalue weighted by molar-refractivity contribution is -0.114. The highest BCUT2D eigenvalue weighted by Crippen LogP contribution is 2.34. The van der Waals surface area contributed by atoms with Gasteiger partial charge in [-0.1, -0.05) is 6.07 Å². The second-order valence-corrected chi connectivity index (χ2v) is 4.83. The van der Waals surface area contributed by atoms with Crippen molar-refractivity contribution in [2.75, 3.05) is 11.4 Å². The van der Waals surface area contributed by atoms with E-state index in [2.05, 4.69) is 0 Å². The van der Waals surface area contributed by atoms with Crippen molar-refractivity contribution < 1.29 is 14.7 Å². The molecule has 1 unspecified atom stereocenters. The molecule has 1 amide bonds. The molecule has 96 valence electrons. The zero-order valence-corrected chi connectivity index (χ0v) is 10.9. The Balaban J connectivity index is 2.43. The van der Waals surface area contributed by atoms with Gasteiger partial charge in [0, 0.05) is 6.54 Å². The lowest BCUT2D eigenvalue weighted by atomic mass is 10.0. The van der Waals surface area contributed by atoms with E-state index >= 15 is 0 Å². The zero-order valence-electron chi connectivity index (χ0n) is 10.9. The van der Waals surface area contributed by atoms with Gasteiger partial charge in [0.05, 0.1) is 17.4 Å². The van der Waals surface area contributed by atoms with Crippen molar-refractivity contribution in [2.45, 2.75) is 33.3 Å². The maximum Gasteiger partial charge on any atom is 0.299 e. The van der Waals surface area contributed by atoms with Crippen LogP contribution in [-0.2, 0) is 4.79 Å².